The maximum Gasteiger partial charge on any atom is 0.263 e. The van der Waals surface area contributed by atoms with Crippen molar-refractivity contribution in [1.29, 1.82) is 5.26 Å². The van der Waals surface area contributed by atoms with Crippen LogP contribution in [0.2, 0.25) is 0 Å². The van der Waals surface area contributed by atoms with Gasteiger partial charge >= 0.3 is 0 Å². The summed E-state index contributed by atoms with van der Waals surface area (Å²) in [5, 5.41) is 12.8. The summed E-state index contributed by atoms with van der Waals surface area (Å²) in [6.07, 6.45) is 1.28. The third-order valence-corrected chi connectivity index (χ3v) is 4.29. The Bertz CT molecular complexity index is 836. The summed E-state index contributed by atoms with van der Waals surface area (Å²) in [5.41, 5.74) is 0.131. The molecule has 1 N–H and O–H groups in total. The molecule has 0 unspecified atom stereocenters. The fraction of sp³-hybridized carbons (Fsp3) is 0.231. The molecule has 1 aromatic carbocycles. The molecule has 2 aromatic rings. The number of nitrogens with zero attached hydrogens (tertiary/aromatic N) is 3. The van der Waals surface area contributed by atoms with Crippen LogP contribution in [0.15, 0.2) is 29.3 Å². The fourth-order valence-corrected chi connectivity index (χ4v) is 2.93. The zero-order valence-electron chi connectivity index (χ0n) is 12.2. The molecule has 0 saturated carbocycles. The summed E-state index contributed by atoms with van der Waals surface area (Å²) in [6.45, 7) is 0. The lowest BCUT2D eigenvalue weighted by atomic mass is 10.3. The molecule has 1 aromatic heterocycles. The minimum absolute atomic E-state index is 0.0183. The summed E-state index contributed by atoms with van der Waals surface area (Å²) in [6, 6.07) is 6.08. The van der Waals surface area contributed by atoms with Crippen LogP contribution in [-0.2, 0) is 17.1 Å². The third kappa shape index (κ3) is 2.82. The number of nitrogens with one attached hydrogen (secondary N) is 1. The summed E-state index contributed by atoms with van der Waals surface area (Å²) < 4.78 is 38.6. The van der Waals surface area contributed by atoms with E-state index in [-0.39, 0.29) is 22.0 Å². The number of methoxy groups -OCH3 is 2. The Morgan fingerprint density at radius 2 is 1.95 bits per heavy atom. The minimum Gasteiger partial charge on any atom is -0.493 e. The molecular formula is C13H14N4O4S. The van der Waals surface area contributed by atoms with Crippen LogP contribution >= 0.6 is 0 Å². The van der Waals surface area contributed by atoms with Crippen molar-refractivity contribution in [3.63, 3.8) is 0 Å². The van der Waals surface area contributed by atoms with Crippen LogP contribution in [0, 0.1) is 11.3 Å². The average molecular weight is 322 g/mol. The fourth-order valence-electron chi connectivity index (χ4n) is 1.81. The molecule has 2 rings (SSSR count). The second-order valence-electron chi connectivity index (χ2n) is 4.26. The molecule has 0 aliphatic heterocycles. The predicted molar refractivity (Wildman–Crippen MR) is 78.3 cm³/mol. The molecule has 0 bridgehead atoms. The van der Waals surface area contributed by atoms with E-state index in [1.807, 2.05) is 6.07 Å². The number of sulfonamides is 1. The van der Waals surface area contributed by atoms with Crippen molar-refractivity contribution >= 4 is 15.8 Å². The van der Waals surface area contributed by atoms with E-state index in [1.54, 1.807) is 0 Å². The zero-order valence-corrected chi connectivity index (χ0v) is 13.0. The molecule has 0 saturated heterocycles. The maximum atomic E-state index is 12.4. The van der Waals surface area contributed by atoms with Gasteiger partial charge in [-0.15, -0.1) is 0 Å². The number of rotatable bonds is 5. The normalized spacial score (nSPS) is 10.8. The lowest BCUT2D eigenvalue weighted by Gasteiger charge is -2.12. The Hall–Kier alpha value is -2.73. The van der Waals surface area contributed by atoms with Gasteiger partial charge in [-0.25, -0.2) is 8.42 Å². The second kappa shape index (κ2) is 5.95. The molecule has 1 heterocycles. The quantitative estimate of drug-likeness (QED) is 0.884. The second-order valence-corrected chi connectivity index (χ2v) is 5.95. The summed E-state index contributed by atoms with van der Waals surface area (Å²) in [7, 11) is 0.512. The maximum absolute atomic E-state index is 12.4. The molecule has 9 heteroatoms. The molecule has 22 heavy (non-hydrogen) atoms. The van der Waals surface area contributed by atoms with Crippen LogP contribution in [0.1, 0.15) is 5.56 Å². The number of aryl methyl sites for hydroxylation is 1. The van der Waals surface area contributed by atoms with Crippen molar-refractivity contribution in [2.24, 2.45) is 7.05 Å². The van der Waals surface area contributed by atoms with E-state index < -0.39 is 10.0 Å². The monoisotopic (exact) mass is 322 g/mol. The summed E-state index contributed by atoms with van der Waals surface area (Å²) in [5.74, 6) is 0.799. The van der Waals surface area contributed by atoms with Gasteiger partial charge in [-0.2, -0.15) is 10.4 Å². The van der Waals surface area contributed by atoms with Gasteiger partial charge in [0.15, 0.2) is 17.3 Å². The Morgan fingerprint density at radius 3 is 2.55 bits per heavy atom. The van der Waals surface area contributed by atoms with E-state index in [0.29, 0.717) is 5.75 Å². The highest BCUT2D eigenvalue weighted by molar-refractivity contribution is 7.92. The number of nitriles is 1. The first-order chi connectivity index (χ1) is 10.4. The van der Waals surface area contributed by atoms with Crippen LogP contribution in [0.5, 0.6) is 11.5 Å². The zero-order chi connectivity index (χ0) is 16.3. The number of anilines is 1. The Balaban J connectivity index is 2.43. The molecule has 0 aliphatic carbocycles. The van der Waals surface area contributed by atoms with Crippen LogP contribution in [-0.4, -0.2) is 32.4 Å². The SMILES string of the molecule is COc1ccc(S(=O)(=O)Nc2c(C#N)cnn2C)cc1OC. The van der Waals surface area contributed by atoms with Crippen LogP contribution in [0.4, 0.5) is 5.82 Å². The smallest absolute Gasteiger partial charge is 0.263 e. The first kappa shape index (κ1) is 15.7. The predicted octanol–water partition coefficient (Wildman–Crippen LogP) is 1.11. The van der Waals surface area contributed by atoms with Crippen molar-refractivity contribution in [2.75, 3.05) is 18.9 Å². The van der Waals surface area contributed by atoms with Gasteiger partial charge in [-0.1, -0.05) is 0 Å². The van der Waals surface area contributed by atoms with Gasteiger partial charge in [0.25, 0.3) is 10.0 Å². The van der Waals surface area contributed by atoms with Crippen molar-refractivity contribution in [3.8, 4) is 17.6 Å². The third-order valence-electron chi connectivity index (χ3n) is 2.96. The van der Waals surface area contributed by atoms with E-state index in [9.17, 15) is 8.42 Å². The summed E-state index contributed by atoms with van der Waals surface area (Å²) in [4.78, 5) is -0.0183. The Morgan fingerprint density at radius 1 is 1.27 bits per heavy atom. The van der Waals surface area contributed by atoms with Gasteiger partial charge < -0.3 is 9.47 Å². The standard InChI is InChI=1S/C13H14N4O4S/c1-17-13(9(7-14)8-15-17)16-22(18,19)10-4-5-11(20-2)12(6-10)21-3/h4-6,8,16H,1-3H3. The number of ether oxygens (including phenoxy) is 2. The highest BCUT2D eigenvalue weighted by atomic mass is 32.2. The topological polar surface area (TPSA) is 106 Å². The van der Waals surface area contributed by atoms with Gasteiger partial charge in [0.2, 0.25) is 0 Å². The van der Waals surface area contributed by atoms with Crippen LogP contribution in [0.3, 0.4) is 0 Å². The van der Waals surface area contributed by atoms with E-state index in [1.165, 1.54) is 50.3 Å². The van der Waals surface area contributed by atoms with E-state index >= 15 is 0 Å². The van der Waals surface area contributed by atoms with Gasteiger partial charge in [0.05, 0.1) is 25.3 Å². The number of hydrogen-bond donors (Lipinski definition) is 1. The van der Waals surface area contributed by atoms with Gasteiger partial charge in [-0.05, 0) is 12.1 Å². The van der Waals surface area contributed by atoms with Crippen molar-refractivity contribution < 1.29 is 17.9 Å². The van der Waals surface area contributed by atoms with Crippen molar-refractivity contribution in [2.45, 2.75) is 4.90 Å². The minimum atomic E-state index is -3.89. The molecule has 0 atom stereocenters. The highest BCUT2D eigenvalue weighted by Crippen LogP contribution is 2.30. The van der Waals surface area contributed by atoms with E-state index in [0.717, 1.165) is 0 Å². The van der Waals surface area contributed by atoms with Crippen molar-refractivity contribution in [3.05, 3.63) is 30.0 Å². The average Bonchev–Trinajstić information content (AvgIpc) is 2.86. The largest absolute Gasteiger partial charge is 0.493 e. The molecule has 0 spiro atoms. The molecule has 116 valence electrons. The lowest BCUT2D eigenvalue weighted by Crippen LogP contribution is -2.16. The van der Waals surface area contributed by atoms with Crippen molar-refractivity contribution in [1.82, 2.24) is 9.78 Å². The highest BCUT2D eigenvalue weighted by Gasteiger charge is 2.20. The molecule has 0 fully saturated rings. The molecular weight excluding hydrogens is 308 g/mol. The number of aromatic nitrogens is 2. The number of benzene rings is 1. The first-order valence-corrected chi connectivity index (χ1v) is 7.58. The number of hydrogen-bond acceptors (Lipinski definition) is 6. The van der Waals surface area contributed by atoms with Crippen LogP contribution < -0.4 is 14.2 Å². The van der Waals surface area contributed by atoms with E-state index in [2.05, 4.69) is 9.82 Å². The van der Waals surface area contributed by atoms with Crippen LogP contribution in [0.25, 0.3) is 0 Å². The molecule has 0 radical (unpaired) electrons. The molecule has 0 amide bonds. The first-order valence-electron chi connectivity index (χ1n) is 6.10. The molecule has 8 nitrogen and oxygen atoms in total. The van der Waals surface area contributed by atoms with Gasteiger partial charge in [0, 0.05) is 13.1 Å². The van der Waals surface area contributed by atoms with Gasteiger partial charge in [0.1, 0.15) is 11.6 Å². The molecule has 0 aliphatic rings. The Kier molecular flexibility index (Phi) is 4.23. The lowest BCUT2D eigenvalue weighted by molar-refractivity contribution is 0.354. The summed E-state index contributed by atoms with van der Waals surface area (Å²) >= 11 is 0. The Labute approximate surface area is 127 Å². The van der Waals surface area contributed by atoms with Gasteiger partial charge in [-0.3, -0.25) is 9.40 Å². The van der Waals surface area contributed by atoms with E-state index in [4.69, 9.17) is 14.7 Å².